The highest BCUT2D eigenvalue weighted by molar-refractivity contribution is 5.85. The van der Waals surface area contributed by atoms with Crippen molar-refractivity contribution < 1.29 is 19.7 Å². The van der Waals surface area contributed by atoms with Gasteiger partial charge in [-0.25, -0.2) is 0 Å². The van der Waals surface area contributed by atoms with Crippen molar-refractivity contribution in [3.63, 3.8) is 0 Å². The Morgan fingerprint density at radius 3 is 2.15 bits per heavy atom. The average Bonchev–Trinajstić information content (AvgIpc) is 3.30. The standard InChI is InChI=1S/C30H50O4/c1-25(2)20-10-15-28(6)21(27(20,5)13-11-22(25)32)17-19(31)24-18(9-14-29(24,28)7)30(8)16-12-23(34-30)26(3,4)33/h18-21,23-24,31,33H,9-17H2,1-8H3/t18?,19-,20?,21?,23-,24?,27+,28-,29-,30+/m0/s1. The van der Waals surface area contributed by atoms with Gasteiger partial charge in [0.05, 0.1) is 23.4 Å². The van der Waals surface area contributed by atoms with Gasteiger partial charge in [0.2, 0.25) is 0 Å². The molecule has 0 spiro atoms. The van der Waals surface area contributed by atoms with E-state index in [0.717, 1.165) is 51.4 Å². The summed E-state index contributed by atoms with van der Waals surface area (Å²) in [6.45, 7) is 17.8. The van der Waals surface area contributed by atoms with Gasteiger partial charge in [0, 0.05) is 11.8 Å². The summed E-state index contributed by atoms with van der Waals surface area (Å²) < 4.78 is 6.65. The lowest BCUT2D eigenvalue weighted by Crippen LogP contribution is -2.66. The summed E-state index contributed by atoms with van der Waals surface area (Å²) in [6.07, 6.45) is 8.43. The zero-order valence-corrected chi connectivity index (χ0v) is 23.0. The number of aliphatic hydroxyl groups is 2. The molecular formula is C30H50O4. The number of rotatable bonds is 2. The molecule has 4 aliphatic carbocycles. The number of hydrogen-bond donors (Lipinski definition) is 2. The third kappa shape index (κ3) is 3.09. The van der Waals surface area contributed by atoms with Gasteiger partial charge in [-0.3, -0.25) is 4.79 Å². The van der Waals surface area contributed by atoms with Crippen LogP contribution in [-0.4, -0.2) is 39.4 Å². The first-order valence-corrected chi connectivity index (χ1v) is 14.1. The van der Waals surface area contributed by atoms with Crippen molar-refractivity contribution in [2.24, 2.45) is 45.3 Å². The fraction of sp³-hybridized carbons (Fsp3) is 0.967. The molecule has 1 saturated heterocycles. The molecule has 4 saturated carbocycles. The molecular weight excluding hydrogens is 424 g/mol. The summed E-state index contributed by atoms with van der Waals surface area (Å²) in [7, 11) is 0. The molecule has 0 radical (unpaired) electrons. The normalized spacial score (nSPS) is 54.9. The number of carbonyl (C=O) groups excluding carboxylic acids is 1. The molecule has 5 aliphatic rings. The van der Waals surface area contributed by atoms with Crippen LogP contribution in [0.2, 0.25) is 0 Å². The van der Waals surface area contributed by atoms with Crippen LogP contribution in [0.5, 0.6) is 0 Å². The fourth-order valence-corrected chi connectivity index (χ4v) is 10.9. The first-order chi connectivity index (χ1) is 15.5. The van der Waals surface area contributed by atoms with Crippen LogP contribution >= 0.6 is 0 Å². The molecule has 0 aromatic rings. The number of fused-ring (bicyclic) bond motifs is 5. The molecule has 10 atom stereocenters. The summed E-state index contributed by atoms with van der Waals surface area (Å²) in [4.78, 5) is 12.9. The van der Waals surface area contributed by atoms with Crippen molar-refractivity contribution in [1.82, 2.24) is 0 Å². The maximum Gasteiger partial charge on any atom is 0.138 e. The van der Waals surface area contributed by atoms with E-state index in [1.54, 1.807) is 0 Å². The van der Waals surface area contributed by atoms with Crippen molar-refractivity contribution in [3.8, 4) is 0 Å². The predicted molar refractivity (Wildman–Crippen MR) is 134 cm³/mol. The Kier molecular flexibility index (Phi) is 5.42. The first kappa shape index (κ1) is 25.2. The van der Waals surface area contributed by atoms with Gasteiger partial charge in [0.1, 0.15) is 5.78 Å². The van der Waals surface area contributed by atoms with Crippen molar-refractivity contribution in [2.75, 3.05) is 0 Å². The van der Waals surface area contributed by atoms with E-state index in [1.807, 2.05) is 13.8 Å². The predicted octanol–water partition coefficient (Wildman–Crippen LogP) is 5.92. The molecule has 2 N–H and O–H groups in total. The van der Waals surface area contributed by atoms with E-state index in [-0.39, 0.29) is 45.4 Å². The first-order valence-electron chi connectivity index (χ1n) is 14.1. The molecule has 0 amide bonds. The van der Waals surface area contributed by atoms with Crippen LogP contribution in [0.1, 0.15) is 113 Å². The number of carbonyl (C=O) groups is 1. The average molecular weight is 475 g/mol. The van der Waals surface area contributed by atoms with Crippen LogP contribution in [0, 0.1) is 45.3 Å². The summed E-state index contributed by atoms with van der Waals surface area (Å²) in [5.41, 5.74) is -1.03. The molecule has 5 rings (SSSR count). The highest BCUT2D eigenvalue weighted by Gasteiger charge is 2.71. The summed E-state index contributed by atoms with van der Waals surface area (Å²) in [5, 5.41) is 22.5. The van der Waals surface area contributed by atoms with Gasteiger partial charge < -0.3 is 14.9 Å². The second-order valence-electron chi connectivity index (χ2n) is 15.2. The topological polar surface area (TPSA) is 66.8 Å². The Labute approximate surface area is 207 Å². The second kappa shape index (κ2) is 7.32. The molecule has 34 heavy (non-hydrogen) atoms. The Balaban J connectivity index is 1.49. The third-order valence-electron chi connectivity index (χ3n) is 13.0. The highest BCUT2D eigenvalue weighted by atomic mass is 16.5. The van der Waals surface area contributed by atoms with Crippen molar-refractivity contribution >= 4 is 5.78 Å². The van der Waals surface area contributed by atoms with Crippen LogP contribution < -0.4 is 0 Å². The smallest absolute Gasteiger partial charge is 0.138 e. The van der Waals surface area contributed by atoms with Gasteiger partial charge in [-0.1, -0.05) is 34.6 Å². The Hall–Kier alpha value is -0.450. The Morgan fingerprint density at radius 1 is 0.882 bits per heavy atom. The van der Waals surface area contributed by atoms with E-state index in [4.69, 9.17) is 4.74 Å². The van der Waals surface area contributed by atoms with E-state index in [2.05, 4.69) is 41.5 Å². The van der Waals surface area contributed by atoms with E-state index < -0.39 is 5.60 Å². The maximum atomic E-state index is 12.9. The number of Topliss-reactive ketones (excluding diaryl/α,β-unsaturated/α-hetero) is 1. The monoisotopic (exact) mass is 474 g/mol. The molecule has 0 aromatic heterocycles. The third-order valence-corrected chi connectivity index (χ3v) is 13.0. The van der Waals surface area contributed by atoms with Gasteiger partial charge in [0.15, 0.2) is 0 Å². The molecule has 194 valence electrons. The van der Waals surface area contributed by atoms with Crippen LogP contribution in [-0.2, 0) is 9.53 Å². The minimum Gasteiger partial charge on any atom is -0.393 e. The number of ether oxygens (including phenoxy) is 1. The molecule has 1 aliphatic heterocycles. The minimum atomic E-state index is -0.833. The van der Waals surface area contributed by atoms with Crippen LogP contribution in [0.25, 0.3) is 0 Å². The van der Waals surface area contributed by atoms with Crippen molar-refractivity contribution in [1.29, 1.82) is 0 Å². The number of ketones is 1. The lowest BCUT2D eigenvalue weighted by molar-refractivity contribution is -0.235. The molecule has 4 nitrogen and oxygen atoms in total. The minimum absolute atomic E-state index is 0.0682. The van der Waals surface area contributed by atoms with Crippen LogP contribution in [0.4, 0.5) is 0 Å². The van der Waals surface area contributed by atoms with E-state index in [9.17, 15) is 15.0 Å². The summed E-state index contributed by atoms with van der Waals surface area (Å²) >= 11 is 0. The number of hydrogen-bond acceptors (Lipinski definition) is 4. The molecule has 4 heteroatoms. The van der Waals surface area contributed by atoms with E-state index >= 15 is 0 Å². The zero-order valence-electron chi connectivity index (χ0n) is 23.0. The quantitative estimate of drug-likeness (QED) is 0.521. The van der Waals surface area contributed by atoms with Gasteiger partial charge in [0.25, 0.3) is 0 Å². The maximum absolute atomic E-state index is 12.9. The van der Waals surface area contributed by atoms with E-state index in [1.165, 1.54) is 0 Å². The second-order valence-corrected chi connectivity index (χ2v) is 15.2. The van der Waals surface area contributed by atoms with Gasteiger partial charge in [-0.15, -0.1) is 0 Å². The molecule has 5 fully saturated rings. The SMILES string of the molecule is CC1(C)C(=O)CC[C@]2(C)C1CC[C@@]1(C)C2C[C@H](O)C2C([C@@]3(C)CC[C@@H](C(C)(C)O)O3)CC[C@@]21C. The summed E-state index contributed by atoms with van der Waals surface area (Å²) in [5.74, 6) is 1.85. The fourth-order valence-electron chi connectivity index (χ4n) is 10.9. The van der Waals surface area contributed by atoms with Crippen molar-refractivity contribution in [3.05, 3.63) is 0 Å². The Bertz CT molecular complexity index is 858. The summed E-state index contributed by atoms with van der Waals surface area (Å²) in [6, 6.07) is 0. The zero-order chi connectivity index (χ0) is 25.1. The number of aliphatic hydroxyl groups excluding tert-OH is 1. The van der Waals surface area contributed by atoms with Crippen LogP contribution in [0.15, 0.2) is 0 Å². The van der Waals surface area contributed by atoms with Gasteiger partial charge in [-0.2, -0.15) is 0 Å². The largest absolute Gasteiger partial charge is 0.393 e. The lowest BCUT2D eigenvalue weighted by Gasteiger charge is -2.69. The van der Waals surface area contributed by atoms with Gasteiger partial charge >= 0.3 is 0 Å². The molecule has 1 heterocycles. The van der Waals surface area contributed by atoms with E-state index in [0.29, 0.717) is 30.0 Å². The van der Waals surface area contributed by atoms with Gasteiger partial charge in [-0.05, 0) is 112 Å². The Morgan fingerprint density at radius 2 is 1.53 bits per heavy atom. The lowest BCUT2D eigenvalue weighted by atomic mass is 9.35. The van der Waals surface area contributed by atoms with Crippen molar-refractivity contribution in [2.45, 2.75) is 137 Å². The molecule has 4 unspecified atom stereocenters. The van der Waals surface area contributed by atoms with Crippen LogP contribution in [0.3, 0.4) is 0 Å². The molecule has 0 bridgehead atoms. The highest BCUT2D eigenvalue weighted by Crippen LogP contribution is 2.75. The molecule has 0 aromatic carbocycles.